The van der Waals surface area contributed by atoms with Crippen molar-refractivity contribution in [3.63, 3.8) is 0 Å². The lowest BCUT2D eigenvalue weighted by atomic mass is 10.1. The van der Waals surface area contributed by atoms with Crippen molar-refractivity contribution in [2.24, 2.45) is 0 Å². The molecule has 0 spiro atoms. The molecule has 1 aliphatic carbocycles. The first-order chi connectivity index (χ1) is 9.38. The zero-order chi connectivity index (χ0) is 13.1. The molecule has 3 rings (SSSR count). The molecule has 0 radical (unpaired) electrons. The third-order valence-electron chi connectivity index (χ3n) is 3.68. The summed E-state index contributed by atoms with van der Waals surface area (Å²) >= 11 is 0. The molecule has 0 amide bonds. The minimum atomic E-state index is 0.0555. The molecule has 0 saturated carbocycles. The lowest BCUT2D eigenvalue weighted by Gasteiger charge is -2.19. The highest BCUT2D eigenvalue weighted by molar-refractivity contribution is 5.35. The SMILES string of the molecule is COC1c2ccccc2CC1OCc1ccccc1. The van der Waals surface area contributed by atoms with Gasteiger partial charge in [0.2, 0.25) is 0 Å². The Labute approximate surface area is 114 Å². The third kappa shape index (κ3) is 2.55. The molecule has 0 fully saturated rings. The van der Waals surface area contributed by atoms with Gasteiger partial charge in [0.25, 0.3) is 0 Å². The molecule has 1 aliphatic rings. The Bertz CT molecular complexity index is 536. The monoisotopic (exact) mass is 254 g/mol. The van der Waals surface area contributed by atoms with Crippen LogP contribution in [0.25, 0.3) is 0 Å². The summed E-state index contributed by atoms with van der Waals surface area (Å²) in [5, 5.41) is 0. The molecule has 0 aliphatic heterocycles. The van der Waals surface area contributed by atoms with Gasteiger partial charge in [0.05, 0.1) is 12.7 Å². The summed E-state index contributed by atoms with van der Waals surface area (Å²) in [5.74, 6) is 0. The Morgan fingerprint density at radius 3 is 2.53 bits per heavy atom. The molecule has 0 aromatic heterocycles. The molecule has 0 N–H and O–H groups in total. The molecule has 2 aromatic rings. The second-order valence-corrected chi connectivity index (χ2v) is 4.89. The van der Waals surface area contributed by atoms with Crippen molar-refractivity contribution in [2.45, 2.75) is 25.2 Å². The summed E-state index contributed by atoms with van der Waals surface area (Å²) in [6, 6.07) is 18.7. The van der Waals surface area contributed by atoms with Gasteiger partial charge in [-0.2, -0.15) is 0 Å². The Kier molecular flexibility index (Phi) is 3.62. The summed E-state index contributed by atoms with van der Waals surface area (Å²) in [7, 11) is 1.76. The van der Waals surface area contributed by atoms with Gasteiger partial charge >= 0.3 is 0 Å². The van der Waals surface area contributed by atoms with Crippen molar-refractivity contribution in [1.82, 2.24) is 0 Å². The maximum atomic E-state index is 6.05. The average molecular weight is 254 g/mol. The third-order valence-corrected chi connectivity index (χ3v) is 3.68. The molecule has 19 heavy (non-hydrogen) atoms. The summed E-state index contributed by atoms with van der Waals surface area (Å²) in [4.78, 5) is 0. The minimum Gasteiger partial charge on any atom is -0.374 e. The van der Waals surface area contributed by atoms with Crippen LogP contribution in [-0.2, 0) is 22.5 Å². The van der Waals surface area contributed by atoms with Crippen molar-refractivity contribution < 1.29 is 9.47 Å². The fourth-order valence-electron chi connectivity index (χ4n) is 2.72. The smallest absolute Gasteiger partial charge is 0.109 e. The van der Waals surface area contributed by atoms with Gasteiger partial charge < -0.3 is 9.47 Å². The summed E-state index contributed by atoms with van der Waals surface area (Å²) in [6.07, 6.45) is 1.10. The van der Waals surface area contributed by atoms with Crippen LogP contribution in [0.2, 0.25) is 0 Å². The van der Waals surface area contributed by atoms with E-state index in [9.17, 15) is 0 Å². The van der Waals surface area contributed by atoms with Gasteiger partial charge in [0, 0.05) is 13.5 Å². The average Bonchev–Trinajstić information content (AvgIpc) is 2.83. The van der Waals surface area contributed by atoms with Crippen molar-refractivity contribution in [2.75, 3.05) is 7.11 Å². The van der Waals surface area contributed by atoms with Crippen molar-refractivity contribution in [3.05, 3.63) is 71.3 Å². The first-order valence-corrected chi connectivity index (χ1v) is 6.64. The normalized spacial score (nSPS) is 21.3. The number of ether oxygens (including phenoxy) is 2. The predicted octanol–water partition coefficient (Wildman–Crippen LogP) is 3.52. The Morgan fingerprint density at radius 2 is 1.74 bits per heavy atom. The van der Waals surface area contributed by atoms with E-state index >= 15 is 0 Å². The van der Waals surface area contributed by atoms with Gasteiger partial charge in [-0.15, -0.1) is 0 Å². The first kappa shape index (κ1) is 12.4. The topological polar surface area (TPSA) is 18.5 Å². The van der Waals surface area contributed by atoms with E-state index in [2.05, 4.69) is 36.4 Å². The molecule has 2 nitrogen and oxygen atoms in total. The number of benzene rings is 2. The summed E-state index contributed by atoms with van der Waals surface area (Å²) < 4.78 is 11.7. The summed E-state index contributed by atoms with van der Waals surface area (Å²) in [6.45, 7) is 0.638. The first-order valence-electron chi connectivity index (χ1n) is 6.64. The second kappa shape index (κ2) is 5.55. The molecule has 0 saturated heterocycles. The molecule has 2 aromatic carbocycles. The molecule has 98 valence electrons. The van der Waals surface area contributed by atoms with Crippen LogP contribution in [0.1, 0.15) is 22.8 Å². The lowest BCUT2D eigenvalue weighted by Crippen LogP contribution is -2.19. The van der Waals surface area contributed by atoms with E-state index in [-0.39, 0.29) is 12.2 Å². The molecular formula is C17H18O2. The van der Waals surface area contributed by atoms with E-state index in [0.29, 0.717) is 6.61 Å². The molecule has 0 heterocycles. The van der Waals surface area contributed by atoms with Crippen LogP contribution in [0.3, 0.4) is 0 Å². The van der Waals surface area contributed by atoms with Gasteiger partial charge in [0.15, 0.2) is 0 Å². The van der Waals surface area contributed by atoms with Crippen LogP contribution in [0.5, 0.6) is 0 Å². The molecule has 2 unspecified atom stereocenters. The standard InChI is InChI=1S/C17H18O2/c1-18-17-15-10-6-5-9-14(15)11-16(17)19-12-13-7-3-2-4-8-13/h2-10,16-17H,11-12H2,1H3. The summed E-state index contributed by atoms with van der Waals surface area (Å²) in [5.41, 5.74) is 3.81. The molecular weight excluding hydrogens is 236 g/mol. The highest BCUT2D eigenvalue weighted by Crippen LogP contribution is 2.35. The van der Waals surface area contributed by atoms with Gasteiger partial charge in [-0.05, 0) is 16.7 Å². The van der Waals surface area contributed by atoms with E-state index in [1.807, 2.05) is 18.2 Å². The van der Waals surface area contributed by atoms with Gasteiger partial charge in [0.1, 0.15) is 6.10 Å². The number of hydrogen-bond acceptors (Lipinski definition) is 2. The van der Waals surface area contributed by atoms with Crippen LogP contribution in [-0.4, -0.2) is 13.2 Å². The quantitative estimate of drug-likeness (QED) is 0.831. The van der Waals surface area contributed by atoms with Gasteiger partial charge in [-0.1, -0.05) is 54.6 Å². The Hall–Kier alpha value is -1.64. The predicted molar refractivity (Wildman–Crippen MR) is 74.9 cm³/mol. The van der Waals surface area contributed by atoms with Gasteiger partial charge in [-0.3, -0.25) is 0 Å². The van der Waals surface area contributed by atoms with E-state index in [1.54, 1.807) is 7.11 Å². The number of methoxy groups -OCH3 is 1. The van der Waals surface area contributed by atoms with E-state index in [1.165, 1.54) is 16.7 Å². The zero-order valence-electron chi connectivity index (χ0n) is 11.1. The maximum absolute atomic E-state index is 6.05. The van der Waals surface area contributed by atoms with E-state index in [4.69, 9.17) is 9.47 Å². The second-order valence-electron chi connectivity index (χ2n) is 4.89. The maximum Gasteiger partial charge on any atom is 0.109 e. The largest absolute Gasteiger partial charge is 0.374 e. The van der Waals surface area contributed by atoms with Gasteiger partial charge in [-0.25, -0.2) is 0 Å². The fourth-order valence-corrected chi connectivity index (χ4v) is 2.72. The highest BCUT2D eigenvalue weighted by Gasteiger charge is 2.32. The number of fused-ring (bicyclic) bond motifs is 1. The van der Waals surface area contributed by atoms with E-state index < -0.39 is 0 Å². The van der Waals surface area contributed by atoms with Crippen LogP contribution >= 0.6 is 0 Å². The Morgan fingerprint density at radius 1 is 1.00 bits per heavy atom. The Balaban J connectivity index is 1.70. The number of rotatable bonds is 4. The minimum absolute atomic E-state index is 0.0555. The lowest BCUT2D eigenvalue weighted by molar-refractivity contribution is -0.0551. The van der Waals surface area contributed by atoms with E-state index in [0.717, 1.165) is 6.42 Å². The van der Waals surface area contributed by atoms with Crippen molar-refractivity contribution in [1.29, 1.82) is 0 Å². The van der Waals surface area contributed by atoms with Crippen LogP contribution in [0, 0.1) is 0 Å². The van der Waals surface area contributed by atoms with Crippen molar-refractivity contribution in [3.8, 4) is 0 Å². The highest BCUT2D eigenvalue weighted by atomic mass is 16.5. The molecule has 2 heteroatoms. The van der Waals surface area contributed by atoms with Crippen LogP contribution in [0.4, 0.5) is 0 Å². The molecule has 0 bridgehead atoms. The zero-order valence-corrected chi connectivity index (χ0v) is 11.1. The van der Waals surface area contributed by atoms with Crippen LogP contribution < -0.4 is 0 Å². The van der Waals surface area contributed by atoms with Crippen molar-refractivity contribution >= 4 is 0 Å². The molecule has 2 atom stereocenters. The number of hydrogen-bond donors (Lipinski definition) is 0. The fraction of sp³-hybridized carbons (Fsp3) is 0.294. The van der Waals surface area contributed by atoms with Crippen LogP contribution in [0.15, 0.2) is 54.6 Å².